The highest BCUT2D eigenvalue weighted by Crippen LogP contribution is 2.21. The van der Waals surface area contributed by atoms with E-state index in [-0.39, 0.29) is 17.8 Å². The Labute approximate surface area is 142 Å². The van der Waals surface area contributed by atoms with Crippen LogP contribution in [0.3, 0.4) is 0 Å². The van der Waals surface area contributed by atoms with E-state index < -0.39 is 0 Å². The molecular weight excluding hydrogens is 308 g/mol. The van der Waals surface area contributed by atoms with Gasteiger partial charge in [-0.1, -0.05) is 0 Å². The van der Waals surface area contributed by atoms with Gasteiger partial charge in [0.2, 0.25) is 0 Å². The van der Waals surface area contributed by atoms with Gasteiger partial charge in [-0.2, -0.15) is 5.10 Å². The Morgan fingerprint density at radius 1 is 1.38 bits per heavy atom. The second kappa shape index (κ2) is 7.79. The van der Waals surface area contributed by atoms with Gasteiger partial charge in [0.05, 0.1) is 18.6 Å². The zero-order valence-corrected chi connectivity index (χ0v) is 14.2. The first-order valence-corrected chi connectivity index (χ1v) is 8.91. The molecule has 2 aliphatic rings. The lowest BCUT2D eigenvalue weighted by Gasteiger charge is -2.31. The van der Waals surface area contributed by atoms with Gasteiger partial charge in [0.15, 0.2) is 0 Å². The van der Waals surface area contributed by atoms with Crippen LogP contribution in [-0.4, -0.2) is 59.3 Å². The average molecular weight is 334 g/mol. The molecule has 0 bridgehead atoms. The molecule has 132 valence electrons. The highest BCUT2D eigenvalue weighted by atomic mass is 16.5. The standard InChI is InChI=1S/C17H26N4O3/c1-2-24-17(23)13-5-4-9-20(12-13)16(22)15-7-10-21(19-15)14-6-3-8-18-11-14/h7,10,13-14,18H,2-6,8-9,11-12H2,1H3. The highest BCUT2D eigenvalue weighted by Gasteiger charge is 2.30. The molecule has 2 unspecified atom stereocenters. The van der Waals surface area contributed by atoms with Crippen LogP contribution >= 0.6 is 0 Å². The Kier molecular flexibility index (Phi) is 5.50. The van der Waals surface area contributed by atoms with Gasteiger partial charge in [0, 0.05) is 25.8 Å². The fraction of sp³-hybridized carbons (Fsp3) is 0.706. The molecule has 0 aromatic carbocycles. The first-order chi connectivity index (χ1) is 11.7. The third kappa shape index (κ3) is 3.77. The molecule has 1 N–H and O–H groups in total. The van der Waals surface area contributed by atoms with Gasteiger partial charge >= 0.3 is 5.97 Å². The predicted octanol–water partition coefficient (Wildman–Crippen LogP) is 1.22. The molecule has 2 atom stereocenters. The normalized spacial score (nSPS) is 24.6. The van der Waals surface area contributed by atoms with Crippen LogP contribution in [0.25, 0.3) is 0 Å². The topological polar surface area (TPSA) is 76.5 Å². The van der Waals surface area contributed by atoms with E-state index in [4.69, 9.17) is 4.74 Å². The second-order valence-corrected chi connectivity index (χ2v) is 6.52. The predicted molar refractivity (Wildman–Crippen MR) is 88.6 cm³/mol. The van der Waals surface area contributed by atoms with E-state index in [1.54, 1.807) is 17.9 Å². The zero-order chi connectivity index (χ0) is 16.9. The molecule has 0 saturated carbocycles. The van der Waals surface area contributed by atoms with Crippen LogP contribution in [0.4, 0.5) is 0 Å². The number of nitrogens with one attached hydrogen (secondary N) is 1. The molecule has 3 rings (SSSR count). The van der Waals surface area contributed by atoms with E-state index in [0.29, 0.717) is 31.4 Å². The van der Waals surface area contributed by atoms with E-state index in [1.807, 2.05) is 10.9 Å². The first kappa shape index (κ1) is 17.0. The van der Waals surface area contributed by atoms with Gasteiger partial charge in [-0.05, 0) is 45.2 Å². The van der Waals surface area contributed by atoms with Crippen LogP contribution in [0.5, 0.6) is 0 Å². The van der Waals surface area contributed by atoms with E-state index in [2.05, 4.69) is 10.4 Å². The number of ether oxygens (including phenoxy) is 1. The number of rotatable bonds is 4. The summed E-state index contributed by atoms with van der Waals surface area (Å²) in [5.41, 5.74) is 0.463. The maximum Gasteiger partial charge on any atom is 0.310 e. The van der Waals surface area contributed by atoms with E-state index >= 15 is 0 Å². The number of hydrogen-bond acceptors (Lipinski definition) is 5. The SMILES string of the molecule is CCOC(=O)C1CCCN(C(=O)c2ccn(C3CCCNC3)n2)C1. The molecule has 1 aromatic heterocycles. The molecule has 0 aliphatic carbocycles. The minimum atomic E-state index is -0.215. The molecule has 2 saturated heterocycles. The molecular formula is C17H26N4O3. The van der Waals surface area contributed by atoms with Crippen molar-refractivity contribution in [2.24, 2.45) is 5.92 Å². The fourth-order valence-electron chi connectivity index (χ4n) is 3.49. The first-order valence-electron chi connectivity index (χ1n) is 8.91. The van der Waals surface area contributed by atoms with Gasteiger partial charge in [-0.15, -0.1) is 0 Å². The largest absolute Gasteiger partial charge is 0.466 e. The van der Waals surface area contributed by atoms with Crippen molar-refractivity contribution < 1.29 is 14.3 Å². The quantitative estimate of drug-likeness (QED) is 0.838. The third-order valence-electron chi connectivity index (χ3n) is 4.80. The molecule has 24 heavy (non-hydrogen) atoms. The van der Waals surface area contributed by atoms with Gasteiger partial charge < -0.3 is 15.0 Å². The molecule has 2 aliphatic heterocycles. The number of amides is 1. The number of likely N-dealkylation sites (tertiary alicyclic amines) is 1. The lowest BCUT2D eigenvalue weighted by molar-refractivity contribution is -0.149. The van der Waals surface area contributed by atoms with Crippen molar-refractivity contribution in [1.82, 2.24) is 20.0 Å². The van der Waals surface area contributed by atoms with Crippen LogP contribution in [0, 0.1) is 5.92 Å². The Balaban J connectivity index is 1.63. The summed E-state index contributed by atoms with van der Waals surface area (Å²) >= 11 is 0. The smallest absolute Gasteiger partial charge is 0.310 e. The minimum Gasteiger partial charge on any atom is -0.466 e. The molecule has 0 spiro atoms. The number of hydrogen-bond donors (Lipinski definition) is 1. The van der Waals surface area contributed by atoms with Crippen LogP contribution in [0.2, 0.25) is 0 Å². The fourth-order valence-corrected chi connectivity index (χ4v) is 3.49. The van der Waals surface area contributed by atoms with Crippen LogP contribution in [0.15, 0.2) is 12.3 Å². The van der Waals surface area contributed by atoms with E-state index in [0.717, 1.165) is 38.8 Å². The van der Waals surface area contributed by atoms with Crippen molar-refractivity contribution in [3.8, 4) is 0 Å². The molecule has 1 amide bonds. The van der Waals surface area contributed by atoms with Crippen molar-refractivity contribution in [3.05, 3.63) is 18.0 Å². The highest BCUT2D eigenvalue weighted by molar-refractivity contribution is 5.92. The Hall–Kier alpha value is -1.89. The van der Waals surface area contributed by atoms with Gasteiger partial charge in [0.25, 0.3) is 5.91 Å². The van der Waals surface area contributed by atoms with E-state index in [9.17, 15) is 9.59 Å². The molecule has 0 radical (unpaired) electrons. The number of aromatic nitrogens is 2. The van der Waals surface area contributed by atoms with Crippen molar-refractivity contribution in [2.75, 3.05) is 32.8 Å². The number of esters is 1. The van der Waals surface area contributed by atoms with Gasteiger partial charge in [0.1, 0.15) is 5.69 Å². The van der Waals surface area contributed by atoms with Gasteiger partial charge in [-0.25, -0.2) is 0 Å². The van der Waals surface area contributed by atoms with Crippen molar-refractivity contribution in [2.45, 2.75) is 38.6 Å². The Morgan fingerprint density at radius 2 is 2.25 bits per heavy atom. The van der Waals surface area contributed by atoms with Crippen LogP contribution in [0.1, 0.15) is 49.1 Å². The summed E-state index contributed by atoms with van der Waals surface area (Å²) in [5, 5.41) is 7.84. The summed E-state index contributed by atoms with van der Waals surface area (Å²) in [6.45, 7) is 5.22. The Bertz CT molecular complexity index is 580. The average Bonchev–Trinajstić information content (AvgIpc) is 3.12. The lowest BCUT2D eigenvalue weighted by atomic mass is 9.98. The summed E-state index contributed by atoms with van der Waals surface area (Å²) in [5.74, 6) is -0.507. The maximum absolute atomic E-state index is 12.7. The van der Waals surface area contributed by atoms with Gasteiger partial charge in [-0.3, -0.25) is 14.3 Å². The molecule has 7 heteroatoms. The van der Waals surface area contributed by atoms with Crippen LogP contribution < -0.4 is 5.32 Å². The van der Waals surface area contributed by atoms with E-state index in [1.165, 1.54) is 0 Å². The maximum atomic E-state index is 12.7. The molecule has 1 aromatic rings. The van der Waals surface area contributed by atoms with Crippen molar-refractivity contribution in [3.63, 3.8) is 0 Å². The summed E-state index contributed by atoms with van der Waals surface area (Å²) in [4.78, 5) is 26.4. The van der Waals surface area contributed by atoms with Crippen LogP contribution in [-0.2, 0) is 9.53 Å². The summed E-state index contributed by atoms with van der Waals surface area (Å²) in [6.07, 6.45) is 5.70. The number of carbonyl (C=O) groups excluding carboxylic acids is 2. The number of nitrogens with zero attached hydrogens (tertiary/aromatic N) is 3. The number of carbonyl (C=O) groups is 2. The third-order valence-corrected chi connectivity index (χ3v) is 4.80. The van der Waals surface area contributed by atoms with Crippen molar-refractivity contribution in [1.29, 1.82) is 0 Å². The van der Waals surface area contributed by atoms with Crippen molar-refractivity contribution >= 4 is 11.9 Å². The summed E-state index contributed by atoms with van der Waals surface area (Å²) < 4.78 is 6.99. The summed E-state index contributed by atoms with van der Waals surface area (Å²) in [7, 11) is 0. The lowest BCUT2D eigenvalue weighted by Crippen LogP contribution is -2.43. The molecule has 2 fully saturated rings. The monoisotopic (exact) mass is 334 g/mol. The Morgan fingerprint density at radius 3 is 3.00 bits per heavy atom. The summed E-state index contributed by atoms with van der Waals surface area (Å²) in [6, 6.07) is 2.10. The number of piperidine rings is 2. The molecule has 7 nitrogen and oxygen atoms in total. The minimum absolute atomic E-state index is 0.0912. The second-order valence-electron chi connectivity index (χ2n) is 6.52. The molecule has 3 heterocycles. The zero-order valence-electron chi connectivity index (χ0n) is 14.2.